The molecule has 0 atom stereocenters. The van der Waals surface area contributed by atoms with Crippen molar-refractivity contribution in [1.29, 1.82) is 0 Å². The zero-order valence-electron chi connectivity index (χ0n) is 7.84. The summed E-state index contributed by atoms with van der Waals surface area (Å²) >= 11 is 0. The molecule has 0 aliphatic rings. The standard InChI is InChI=1S/C10H9N3O2/c14-6-9-11-4-3-8(13-9)7-1-2-10(15)12-5-7/h1-5,14H,6H2,(H,12,15). The lowest BCUT2D eigenvalue weighted by molar-refractivity contribution is 0.271. The first kappa shape index (κ1) is 9.54. The molecule has 2 rings (SSSR count). The van der Waals surface area contributed by atoms with Crippen molar-refractivity contribution in [3.63, 3.8) is 0 Å². The molecule has 2 aromatic heterocycles. The number of nitrogens with one attached hydrogen (secondary N) is 1. The molecule has 0 saturated carbocycles. The fourth-order valence-electron chi connectivity index (χ4n) is 1.21. The molecule has 0 spiro atoms. The fourth-order valence-corrected chi connectivity index (χ4v) is 1.21. The highest BCUT2D eigenvalue weighted by atomic mass is 16.3. The number of aliphatic hydroxyl groups is 1. The smallest absolute Gasteiger partial charge is 0.247 e. The third-order valence-corrected chi connectivity index (χ3v) is 1.93. The number of hydrogen-bond acceptors (Lipinski definition) is 4. The van der Waals surface area contributed by atoms with E-state index < -0.39 is 0 Å². The van der Waals surface area contributed by atoms with Crippen LogP contribution in [-0.4, -0.2) is 20.1 Å². The van der Waals surface area contributed by atoms with Crippen molar-refractivity contribution in [2.45, 2.75) is 6.61 Å². The summed E-state index contributed by atoms with van der Waals surface area (Å²) < 4.78 is 0. The van der Waals surface area contributed by atoms with Crippen molar-refractivity contribution < 1.29 is 5.11 Å². The first-order chi connectivity index (χ1) is 7.29. The van der Waals surface area contributed by atoms with Crippen molar-refractivity contribution in [2.24, 2.45) is 0 Å². The number of H-pyrrole nitrogens is 1. The van der Waals surface area contributed by atoms with Crippen molar-refractivity contribution in [1.82, 2.24) is 15.0 Å². The van der Waals surface area contributed by atoms with Crippen LogP contribution in [0, 0.1) is 0 Å². The van der Waals surface area contributed by atoms with Crippen LogP contribution in [0.5, 0.6) is 0 Å². The Labute approximate surface area is 85.5 Å². The van der Waals surface area contributed by atoms with Gasteiger partial charge in [-0.3, -0.25) is 4.79 Å². The van der Waals surface area contributed by atoms with Crippen LogP contribution in [-0.2, 0) is 6.61 Å². The quantitative estimate of drug-likeness (QED) is 0.736. The molecule has 2 N–H and O–H groups in total. The summed E-state index contributed by atoms with van der Waals surface area (Å²) in [5.74, 6) is 0.360. The summed E-state index contributed by atoms with van der Waals surface area (Å²) in [5, 5.41) is 8.87. The Morgan fingerprint density at radius 2 is 2.20 bits per heavy atom. The number of pyridine rings is 1. The summed E-state index contributed by atoms with van der Waals surface area (Å²) in [5.41, 5.74) is 1.30. The second-order valence-electron chi connectivity index (χ2n) is 2.96. The van der Waals surface area contributed by atoms with Gasteiger partial charge in [0.05, 0.1) is 5.69 Å². The van der Waals surface area contributed by atoms with Crippen molar-refractivity contribution in [2.75, 3.05) is 0 Å². The first-order valence-electron chi connectivity index (χ1n) is 4.41. The van der Waals surface area contributed by atoms with E-state index in [2.05, 4.69) is 15.0 Å². The summed E-state index contributed by atoms with van der Waals surface area (Å²) in [4.78, 5) is 21.4. The van der Waals surface area contributed by atoms with E-state index >= 15 is 0 Å². The van der Waals surface area contributed by atoms with Gasteiger partial charge in [0, 0.05) is 24.0 Å². The van der Waals surface area contributed by atoms with Gasteiger partial charge < -0.3 is 10.1 Å². The number of aromatic nitrogens is 3. The van der Waals surface area contributed by atoms with Crippen LogP contribution >= 0.6 is 0 Å². The first-order valence-corrected chi connectivity index (χ1v) is 4.41. The topological polar surface area (TPSA) is 78.9 Å². The van der Waals surface area contributed by atoms with Gasteiger partial charge in [-0.25, -0.2) is 9.97 Å². The van der Waals surface area contributed by atoms with E-state index in [0.29, 0.717) is 11.5 Å². The summed E-state index contributed by atoms with van der Waals surface area (Å²) in [6.45, 7) is -0.197. The molecule has 0 aliphatic carbocycles. The van der Waals surface area contributed by atoms with Gasteiger partial charge in [-0.1, -0.05) is 0 Å². The monoisotopic (exact) mass is 203 g/mol. The Kier molecular flexibility index (Phi) is 2.55. The minimum Gasteiger partial charge on any atom is -0.388 e. The van der Waals surface area contributed by atoms with Crippen LogP contribution in [0.25, 0.3) is 11.3 Å². The lowest BCUT2D eigenvalue weighted by Gasteiger charge is -2.00. The number of aliphatic hydroxyl groups excluding tert-OH is 1. The molecule has 2 aromatic rings. The molecule has 0 aliphatic heterocycles. The largest absolute Gasteiger partial charge is 0.388 e. The van der Waals surface area contributed by atoms with Gasteiger partial charge >= 0.3 is 0 Å². The minimum absolute atomic E-state index is 0.157. The molecule has 0 aromatic carbocycles. The second kappa shape index (κ2) is 4.02. The van der Waals surface area contributed by atoms with E-state index in [1.165, 1.54) is 6.07 Å². The van der Waals surface area contributed by atoms with Crippen molar-refractivity contribution >= 4 is 0 Å². The van der Waals surface area contributed by atoms with E-state index in [1.807, 2.05) is 0 Å². The van der Waals surface area contributed by atoms with Crippen LogP contribution in [0.2, 0.25) is 0 Å². The molecule has 2 heterocycles. The predicted octanol–water partition coefficient (Wildman–Crippen LogP) is 0.324. The molecule has 15 heavy (non-hydrogen) atoms. The highest BCUT2D eigenvalue weighted by molar-refractivity contribution is 5.56. The molecule has 0 saturated heterocycles. The zero-order valence-corrected chi connectivity index (χ0v) is 7.84. The molecular weight excluding hydrogens is 194 g/mol. The number of rotatable bonds is 2. The molecular formula is C10H9N3O2. The van der Waals surface area contributed by atoms with Gasteiger partial charge in [0.15, 0.2) is 5.82 Å². The fraction of sp³-hybridized carbons (Fsp3) is 0.100. The average molecular weight is 203 g/mol. The predicted molar refractivity (Wildman–Crippen MR) is 54.0 cm³/mol. The Hall–Kier alpha value is -2.01. The Morgan fingerprint density at radius 3 is 2.87 bits per heavy atom. The van der Waals surface area contributed by atoms with Crippen LogP contribution in [0.4, 0.5) is 0 Å². The van der Waals surface area contributed by atoms with E-state index in [-0.39, 0.29) is 12.2 Å². The summed E-state index contributed by atoms with van der Waals surface area (Å²) in [7, 11) is 0. The van der Waals surface area contributed by atoms with Crippen LogP contribution in [0.1, 0.15) is 5.82 Å². The maximum absolute atomic E-state index is 10.8. The van der Waals surface area contributed by atoms with Crippen LogP contribution in [0.15, 0.2) is 35.4 Å². The molecule has 0 radical (unpaired) electrons. The van der Waals surface area contributed by atoms with Crippen molar-refractivity contribution in [3.05, 3.63) is 46.8 Å². The van der Waals surface area contributed by atoms with Crippen LogP contribution < -0.4 is 5.56 Å². The van der Waals surface area contributed by atoms with Crippen molar-refractivity contribution in [3.8, 4) is 11.3 Å². The maximum atomic E-state index is 10.8. The van der Waals surface area contributed by atoms with Crippen LogP contribution in [0.3, 0.4) is 0 Å². The molecule has 0 amide bonds. The lowest BCUT2D eigenvalue weighted by Crippen LogP contribution is -2.02. The molecule has 5 heteroatoms. The molecule has 0 fully saturated rings. The van der Waals surface area contributed by atoms with E-state index in [1.54, 1.807) is 24.5 Å². The van der Waals surface area contributed by atoms with Gasteiger partial charge in [0.2, 0.25) is 5.56 Å². The van der Waals surface area contributed by atoms with Gasteiger partial charge in [-0.15, -0.1) is 0 Å². The Balaban J connectivity index is 2.44. The summed E-state index contributed by atoms with van der Waals surface area (Å²) in [6.07, 6.45) is 3.14. The summed E-state index contributed by atoms with van der Waals surface area (Å²) in [6, 6.07) is 4.81. The highest BCUT2D eigenvalue weighted by Gasteiger charge is 2.00. The normalized spacial score (nSPS) is 10.2. The number of nitrogens with zero attached hydrogens (tertiary/aromatic N) is 2. The SMILES string of the molecule is O=c1ccc(-c2ccnc(CO)n2)c[nH]1. The Morgan fingerprint density at radius 1 is 1.33 bits per heavy atom. The molecule has 0 unspecified atom stereocenters. The average Bonchev–Trinajstić information content (AvgIpc) is 2.30. The van der Waals surface area contributed by atoms with E-state index in [0.717, 1.165) is 5.56 Å². The van der Waals surface area contributed by atoms with Gasteiger partial charge in [-0.05, 0) is 12.1 Å². The van der Waals surface area contributed by atoms with E-state index in [4.69, 9.17) is 5.11 Å². The van der Waals surface area contributed by atoms with Gasteiger partial charge in [-0.2, -0.15) is 0 Å². The third-order valence-electron chi connectivity index (χ3n) is 1.93. The zero-order chi connectivity index (χ0) is 10.7. The van der Waals surface area contributed by atoms with Gasteiger partial charge in [0.1, 0.15) is 6.61 Å². The highest BCUT2D eigenvalue weighted by Crippen LogP contribution is 2.13. The Bertz CT molecular complexity index is 502. The molecule has 76 valence electrons. The maximum Gasteiger partial charge on any atom is 0.247 e. The molecule has 5 nitrogen and oxygen atoms in total. The van der Waals surface area contributed by atoms with E-state index in [9.17, 15) is 4.79 Å². The third kappa shape index (κ3) is 2.08. The second-order valence-corrected chi connectivity index (χ2v) is 2.96. The lowest BCUT2D eigenvalue weighted by atomic mass is 10.2. The number of hydrogen-bond donors (Lipinski definition) is 2. The minimum atomic E-state index is -0.197. The number of aromatic amines is 1. The molecule has 0 bridgehead atoms. The van der Waals surface area contributed by atoms with Gasteiger partial charge in [0.25, 0.3) is 0 Å².